The lowest BCUT2D eigenvalue weighted by Crippen LogP contribution is -1.96. The van der Waals surface area contributed by atoms with Crippen LogP contribution in [0.2, 0.25) is 0 Å². The first-order valence-electron chi connectivity index (χ1n) is 4.29. The molecule has 2 heteroatoms. The number of carbonyl (C=O) groups excluding carboxylic acids is 1. The van der Waals surface area contributed by atoms with Gasteiger partial charge >= 0.3 is 0 Å². The van der Waals surface area contributed by atoms with Crippen LogP contribution >= 0.6 is 0 Å². The highest BCUT2D eigenvalue weighted by Gasteiger charge is 2.02. The zero-order valence-electron chi connectivity index (χ0n) is 8.31. The van der Waals surface area contributed by atoms with Gasteiger partial charge in [-0.15, -0.1) is 0 Å². The van der Waals surface area contributed by atoms with Crippen molar-refractivity contribution in [1.29, 1.82) is 5.41 Å². The maximum absolute atomic E-state index is 10.1. The van der Waals surface area contributed by atoms with E-state index in [0.717, 1.165) is 12.0 Å². The van der Waals surface area contributed by atoms with Crippen LogP contribution in [0.1, 0.15) is 40.0 Å². The van der Waals surface area contributed by atoms with E-state index in [1.54, 1.807) is 0 Å². The van der Waals surface area contributed by atoms with Gasteiger partial charge in [-0.25, -0.2) is 4.79 Å². The first-order chi connectivity index (χ1) is 5.72. The van der Waals surface area contributed by atoms with Crippen molar-refractivity contribution in [3.05, 3.63) is 5.57 Å². The Morgan fingerprint density at radius 1 is 1.58 bits per heavy atom. The van der Waals surface area contributed by atoms with E-state index < -0.39 is 0 Å². The second kappa shape index (κ2) is 10.1. The molecule has 0 radical (unpaired) electrons. The third-order valence-electron chi connectivity index (χ3n) is 1.89. The SMILES string of the molecule is C=N.CCCCC(C)C(C)=C=O. The Kier molecular flexibility index (Phi) is 11.5. The van der Waals surface area contributed by atoms with Gasteiger partial charge in [0.05, 0.1) is 0 Å². The number of allylic oxidation sites excluding steroid dienone is 1. The molecule has 0 amide bonds. The fraction of sp³-hybridized carbons (Fsp3) is 0.700. The molecule has 0 aromatic carbocycles. The minimum absolute atomic E-state index is 0.428. The van der Waals surface area contributed by atoms with Crippen molar-refractivity contribution in [2.75, 3.05) is 0 Å². The van der Waals surface area contributed by atoms with Gasteiger partial charge in [0.2, 0.25) is 0 Å². The Labute approximate surface area is 75.2 Å². The van der Waals surface area contributed by atoms with Crippen LogP contribution in [0.25, 0.3) is 0 Å². The topological polar surface area (TPSA) is 40.9 Å². The molecule has 12 heavy (non-hydrogen) atoms. The Morgan fingerprint density at radius 3 is 2.42 bits per heavy atom. The van der Waals surface area contributed by atoms with Crippen LogP contribution in [-0.2, 0) is 4.79 Å². The largest absolute Gasteiger partial charge is 0.317 e. The molecule has 0 saturated carbocycles. The maximum Gasteiger partial charge on any atom is 0.123 e. The Bertz CT molecular complexity index is 148. The molecule has 0 bridgehead atoms. The molecule has 1 unspecified atom stereocenters. The lowest BCUT2D eigenvalue weighted by Gasteiger charge is -2.06. The van der Waals surface area contributed by atoms with Crippen LogP contribution in [0, 0.1) is 11.3 Å². The van der Waals surface area contributed by atoms with E-state index in [1.165, 1.54) is 12.8 Å². The predicted molar refractivity (Wildman–Crippen MR) is 53.4 cm³/mol. The van der Waals surface area contributed by atoms with Gasteiger partial charge in [-0.3, -0.25) is 0 Å². The van der Waals surface area contributed by atoms with Crippen molar-refractivity contribution >= 4 is 12.7 Å². The molecular weight excluding hydrogens is 150 g/mol. The van der Waals surface area contributed by atoms with E-state index in [-0.39, 0.29) is 0 Å². The van der Waals surface area contributed by atoms with Gasteiger partial charge < -0.3 is 5.41 Å². The molecule has 0 heterocycles. The number of hydrogen-bond acceptors (Lipinski definition) is 2. The van der Waals surface area contributed by atoms with Gasteiger partial charge in [0.25, 0.3) is 0 Å². The Morgan fingerprint density at radius 2 is 2.08 bits per heavy atom. The maximum atomic E-state index is 10.1. The number of hydrogen-bond donors (Lipinski definition) is 1. The summed E-state index contributed by atoms with van der Waals surface area (Å²) >= 11 is 0. The van der Waals surface area contributed by atoms with Gasteiger partial charge in [0.1, 0.15) is 5.94 Å². The van der Waals surface area contributed by atoms with Crippen molar-refractivity contribution in [1.82, 2.24) is 0 Å². The van der Waals surface area contributed by atoms with Crippen LogP contribution in [0.5, 0.6) is 0 Å². The van der Waals surface area contributed by atoms with Gasteiger partial charge in [-0.05, 0) is 26.0 Å². The van der Waals surface area contributed by atoms with Crippen LogP contribution in [0.3, 0.4) is 0 Å². The monoisotopic (exact) mass is 169 g/mol. The normalized spacial score (nSPS) is 10.6. The molecule has 1 atom stereocenters. The first kappa shape index (κ1) is 13.7. The minimum atomic E-state index is 0.428. The number of rotatable bonds is 4. The van der Waals surface area contributed by atoms with Crippen LogP contribution in [0.4, 0.5) is 0 Å². The molecule has 0 aromatic heterocycles. The molecule has 0 saturated heterocycles. The molecule has 0 aliphatic rings. The zero-order chi connectivity index (χ0) is 9.98. The molecule has 0 aliphatic carbocycles. The fourth-order valence-electron chi connectivity index (χ4n) is 0.827. The summed E-state index contributed by atoms with van der Waals surface area (Å²) in [5.74, 6) is 2.37. The highest BCUT2D eigenvalue weighted by atomic mass is 16.1. The highest BCUT2D eigenvalue weighted by molar-refractivity contribution is 5.51. The van der Waals surface area contributed by atoms with Gasteiger partial charge in [0, 0.05) is 5.57 Å². The minimum Gasteiger partial charge on any atom is -0.317 e. The van der Waals surface area contributed by atoms with Crippen molar-refractivity contribution < 1.29 is 4.79 Å². The van der Waals surface area contributed by atoms with E-state index in [0.29, 0.717) is 5.92 Å². The summed E-state index contributed by atoms with van der Waals surface area (Å²) in [7, 11) is 0. The first-order valence-corrected chi connectivity index (χ1v) is 4.29. The second-order valence-electron chi connectivity index (χ2n) is 2.83. The molecule has 0 aromatic rings. The van der Waals surface area contributed by atoms with Crippen molar-refractivity contribution in [2.24, 2.45) is 5.92 Å². The molecule has 0 aliphatic heterocycles. The summed E-state index contributed by atoms with van der Waals surface area (Å²) < 4.78 is 0. The van der Waals surface area contributed by atoms with Gasteiger partial charge in [0.15, 0.2) is 0 Å². The van der Waals surface area contributed by atoms with Gasteiger partial charge in [-0.1, -0.05) is 26.7 Å². The summed E-state index contributed by atoms with van der Waals surface area (Å²) in [6.45, 7) is 8.59. The van der Waals surface area contributed by atoms with E-state index in [4.69, 9.17) is 5.41 Å². The van der Waals surface area contributed by atoms with E-state index in [9.17, 15) is 4.79 Å². The number of unbranched alkanes of at least 4 members (excludes halogenated alkanes) is 1. The molecule has 0 fully saturated rings. The van der Waals surface area contributed by atoms with Crippen LogP contribution in [-0.4, -0.2) is 12.7 Å². The van der Waals surface area contributed by atoms with E-state index in [2.05, 4.69) is 20.6 Å². The second-order valence-corrected chi connectivity index (χ2v) is 2.83. The average molecular weight is 169 g/mol. The molecule has 0 spiro atoms. The quantitative estimate of drug-likeness (QED) is 0.510. The highest BCUT2D eigenvalue weighted by Crippen LogP contribution is 2.13. The lowest BCUT2D eigenvalue weighted by molar-refractivity contribution is 0.546. The molecule has 2 nitrogen and oxygen atoms in total. The van der Waals surface area contributed by atoms with Crippen molar-refractivity contribution in [2.45, 2.75) is 40.0 Å². The summed E-state index contributed by atoms with van der Waals surface area (Å²) in [5.41, 5.74) is 0.855. The molecule has 1 N–H and O–H groups in total. The van der Waals surface area contributed by atoms with Gasteiger partial charge in [-0.2, -0.15) is 0 Å². The van der Waals surface area contributed by atoms with Crippen molar-refractivity contribution in [3.8, 4) is 0 Å². The lowest BCUT2D eigenvalue weighted by atomic mass is 9.98. The molecular formula is C10H19NO. The smallest absolute Gasteiger partial charge is 0.123 e. The Balaban J connectivity index is 0. The predicted octanol–water partition coefficient (Wildman–Crippen LogP) is 2.86. The summed E-state index contributed by atoms with van der Waals surface area (Å²) in [4.78, 5) is 10.1. The summed E-state index contributed by atoms with van der Waals surface area (Å²) in [6, 6.07) is 0. The van der Waals surface area contributed by atoms with E-state index in [1.807, 2.05) is 12.9 Å². The Hall–Kier alpha value is -0.880. The molecule has 0 rings (SSSR count). The third kappa shape index (κ3) is 7.23. The summed E-state index contributed by atoms with van der Waals surface area (Å²) in [5, 5.41) is 5.50. The standard InChI is InChI=1S/C9H16O.CH3N/c1-4-5-6-8(2)9(3)7-10;1-2/h8H,4-6H2,1-3H3;2H,1H2. The zero-order valence-corrected chi connectivity index (χ0v) is 8.31. The van der Waals surface area contributed by atoms with Crippen LogP contribution in [0.15, 0.2) is 5.57 Å². The fourth-order valence-corrected chi connectivity index (χ4v) is 0.827. The van der Waals surface area contributed by atoms with Crippen molar-refractivity contribution in [3.63, 3.8) is 0 Å². The molecule has 70 valence electrons. The van der Waals surface area contributed by atoms with E-state index >= 15 is 0 Å². The van der Waals surface area contributed by atoms with Crippen LogP contribution < -0.4 is 0 Å². The third-order valence-corrected chi connectivity index (χ3v) is 1.89. The summed E-state index contributed by atoms with van der Waals surface area (Å²) in [6.07, 6.45) is 3.54. The number of nitrogens with one attached hydrogen (secondary N) is 1. The average Bonchev–Trinajstić information content (AvgIpc) is 2.16.